The fourth-order valence-electron chi connectivity index (χ4n) is 8.21. The summed E-state index contributed by atoms with van der Waals surface area (Å²) in [5.74, 6) is -0.179. The number of likely N-dealkylation sites (tertiary alicyclic amines) is 4. The summed E-state index contributed by atoms with van der Waals surface area (Å²) >= 11 is 0. The topological polar surface area (TPSA) is 30.0 Å². The zero-order valence-electron chi connectivity index (χ0n) is 26.2. The summed E-state index contributed by atoms with van der Waals surface area (Å²) in [5.41, 5.74) is -0.555. The van der Waals surface area contributed by atoms with E-state index in [0.717, 1.165) is 115 Å². The van der Waals surface area contributed by atoms with Crippen LogP contribution < -0.4 is 0 Å². The molecule has 0 aliphatic carbocycles. The van der Waals surface area contributed by atoms with Gasteiger partial charge < -0.3 is 9.80 Å². The zero-order valence-corrected chi connectivity index (χ0v) is 26.2. The molecule has 11 heteroatoms. The van der Waals surface area contributed by atoms with Gasteiger partial charge >= 0.3 is 12.4 Å². The first-order valence-corrected chi connectivity index (χ1v) is 16.8. The largest absolute Gasteiger partial charge is 0.416 e. The van der Waals surface area contributed by atoms with E-state index in [9.17, 15) is 26.3 Å². The van der Waals surface area contributed by atoms with Crippen LogP contribution in [0.5, 0.6) is 0 Å². The lowest BCUT2D eigenvalue weighted by Gasteiger charge is -2.40. The molecule has 4 atom stereocenters. The van der Waals surface area contributed by atoms with Crippen molar-refractivity contribution in [3.05, 3.63) is 70.8 Å². The molecule has 5 nitrogen and oxygen atoms in total. The zero-order chi connectivity index (χ0) is 32.5. The van der Waals surface area contributed by atoms with E-state index in [1.807, 2.05) is 0 Å². The first-order valence-electron chi connectivity index (χ1n) is 16.8. The third-order valence-corrected chi connectivity index (χ3v) is 10.5. The number of Topliss-reactive ketones (excluding diaryl/α,β-unsaturated/α-hetero) is 1. The lowest BCUT2D eigenvalue weighted by molar-refractivity contribution is -0.138. The molecule has 0 radical (unpaired) electrons. The second-order valence-electron chi connectivity index (χ2n) is 13.5. The number of benzene rings is 2. The van der Waals surface area contributed by atoms with Crippen LogP contribution in [0.3, 0.4) is 0 Å². The summed E-state index contributed by atoms with van der Waals surface area (Å²) in [6.45, 7) is 6.80. The number of alkyl halides is 6. The molecule has 4 heterocycles. The fraction of sp³-hybridized carbons (Fsp3) is 0.629. The Morgan fingerprint density at radius 1 is 0.565 bits per heavy atom. The number of hydrogen-bond donors (Lipinski definition) is 0. The Labute approximate surface area is 267 Å². The van der Waals surface area contributed by atoms with E-state index in [-0.39, 0.29) is 17.9 Å². The average molecular weight is 651 g/mol. The van der Waals surface area contributed by atoms with Crippen molar-refractivity contribution < 1.29 is 31.1 Å². The summed E-state index contributed by atoms with van der Waals surface area (Å²) in [4.78, 5) is 24.3. The SMILES string of the molecule is O=C([C@H](c1ccc(C(F)(F)F)cc1)N1CCCC1CN1CCCC1)[C@H](c1ccc(C(F)(F)F)cc1)N1CCCC1CN1CCCC1. The van der Waals surface area contributed by atoms with E-state index in [2.05, 4.69) is 19.6 Å². The Morgan fingerprint density at radius 3 is 1.24 bits per heavy atom. The van der Waals surface area contributed by atoms with Crippen LogP contribution in [0.4, 0.5) is 26.3 Å². The molecule has 0 saturated carbocycles. The summed E-state index contributed by atoms with van der Waals surface area (Å²) in [6, 6.07) is 8.33. The van der Waals surface area contributed by atoms with Gasteiger partial charge in [-0.05, 0) is 126 Å². The van der Waals surface area contributed by atoms with Gasteiger partial charge in [-0.25, -0.2) is 0 Å². The molecule has 0 aromatic heterocycles. The maximum absolute atomic E-state index is 15.2. The molecule has 46 heavy (non-hydrogen) atoms. The lowest BCUT2D eigenvalue weighted by atomic mass is 9.89. The second kappa shape index (κ2) is 13.9. The van der Waals surface area contributed by atoms with Gasteiger partial charge in [-0.3, -0.25) is 14.6 Å². The van der Waals surface area contributed by atoms with E-state index in [1.165, 1.54) is 24.3 Å². The number of carbonyl (C=O) groups is 1. The van der Waals surface area contributed by atoms with Crippen molar-refractivity contribution in [3.8, 4) is 0 Å². The van der Waals surface area contributed by atoms with Gasteiger partial charge in [0.1, 0.15) is 0 Å². The maximum Gasteiger partial charge on any atom is 0.416 e. The van der Waals surface area contributed by atoms with E-state index in [0.29, 0.717) is 24.2 Å². The number of hydrogen-bond acceptors (Lipinski definition) is 5. The van der Waals surface area contributed by atoms with Crippen LogP contribution >= 0.6 is 0 Å². The molecule has 4 saturated heterocycles. The smallest absolute Gasteiger partial charge is 0.302 e. The minimum atomic E-state index is -4.51. The third-order valence-electron chi connectivity index (χ3n) is 10.5. The highest BCUT2D eigenvalue weighted by Gasteiger charge is 2.45. The molecular weight excluding hydrogens is 606 g/mol. The van der Waals surface area contributed by atoms with Crippen molar-refractivity contribution in [2.75, 3.05) is 52.4 Å². The molecule has 2 aromatic rings. The minimum Gasteiger partial charge on any atom is -0.302 e. The highest BCUT2D eigenvalue weighted by atomic mass is 19.4. The Hall–Kier alpha value is -2.47. The molecule has 2 unspecified atom stereocenters. The summed E-state index contributed by atoms with van der Waals surface area (Å²) < 4.78 is 81.5. The fourth-order valence-corrected chi connectivity index (χ4v) is 8.21. The summed E-state index contributed by atoms with van der Waals surface area (Å²) in [7, 11) is 0. The quantitative estimate of drug-likeness (QED) is 0.254. The minimum absolute atomic E-state index is 0.0570. The van der Waals surface area contributed by atoms with Gasteiger partial charge in [-0.15, -0.1) is 0 Å². The first kappa shape index (κ1) is 33.4. The summed E-state index contributed by atoms with van der Waals surface area (Å²) in [6.07, 6.45) is -1.02. The Kier molecular flexibility index (Phi) is 10.1. The molecule has 2 aromatic carbocycles. The first-order chi connectivity index (χ1) is 22.0. The van der Waals surface area contributed by atoms with Crippen LogP contribution in [0.25, 0.3) is 0 Å². The van der Waals surface area contributed by atoms with Crippen LogP contribution in [-0.2, 0) is 17.1 Å². The van der Waals surface area contributed by atoms with Crippen LogP contribution in [-0.4, -0.2) is 89.8 Å². The molecule has 0 bridgehead atoms. The monoisotopic (exact) mass is 650 g/mol. The van der Waals surface area contributed by atoms with E-state index in [4.69, 9.17) is 0 Å². The van der Waals surface area contributed by atoms with E-state index < -0.39 is 35.6 Å². The predicted octanol–water partition coefficient (Wildman–Crippen LogP) is 7.20. The average Bonchev–Trinajstić information content (AvgIpc) is 3.85. The standard InChI is InChI=1S/C35H44F6N4O/c36-34(37,38)27-13-9-25(10-14-27)31(44-21-5-7-29(44)23-42-17-1-2-18-42)33(46)32(26-11-15-28(16-12-26)35(39,40)41)45-22-6-8-30(45)24-43-19-3-4-20-43/h9-16,29-32H,1-8,17-24H2/t29?,30?,31-,32-/m0/s1. The maximum atomic E-state index is 15.2. The number of carbonyl (C=O) groups excluding carboxylic acids is 1. The van der Waals surface area contributed by atoms with Crippen LogP contribution in [0, 0.1) is 0 Å². The van der Waals surface area contributed by atoms with Gasteiger partial charge in [0, 0.05) is 25.2 Å². The third kappa shape index (κ3) is 7.48. The van der Waals surface area contributed by atoms with Gasteiger partial charge in [0.05, 0.1) is 23.2 Å². The number of halogens is 6. The van der Waals surface area contributed by atoms with Crippen LogP contribution in [0.15, 0.2) is 48.5 Å². The van der Waals surface area contributed by atoms with Crippen LogP contribution in [0.1, 0.15) is 85.7 Å². The molecule has 4 fully saturated rings. The Balaban J connectivity index is 1.39. The molecule has 6 rings (SSSR count). The van der Waals surface area contributed by atoms with Crippen molar-refractivity contribution in [2.45, 2.75) is 87.9 Å². The van der Waals surface area contributed by atoms with Gasteiger partial charge in [0.15, 0.2) is 5.78 Å². The summed E-state index contributed by atoms with van der Waals surface area (Å²) in [5, 5.41) is 0. The highest BCUT2D eigenvalue weighted by Crippen LogP contribution is 2.41. The van der Waals surface area contributed by atoms with Gasteiger partial charge in [0.2, 0.25) is 0 Å². The van der Waals surface area contributed by atoms with E-state index in [1.54, 1.807) is 0 Å². The van der Waals surface area contributed by atoms with Crippen molar-refractivity contribution >= 4 is 5.78 Å². The second-order valence-corrected chi connectivity index (χ2v) is 13.5. The molecule has 0 spiro atoms. The Bertz CT molecular complexity index is 1200. The van der Waals surface area contributed by atoms with Gasteiger partial charge in [0.25, 0.3) is 0 Å². The number of ketones is 1. The Morgan fingerprint density at radius 2 is 0.913 bits per heavy atom. The number of rotatable bonds is 10. The molecular formula is C35H44F6N4O. The van der Waals surface area contributed by atoms with Crippen molar-refractivity contribution in [1.29, 1.82) is 0 Å². The van der Waals surface area contributed by atoms with Crippen molar-refractivity contribution in [2.24, 2.45) is 0 Å². The molecule has 4 aliphatic heterocycles. The van der Waals surface area contributed by atoms with Crippen LogP contribution in [0.2, 0.25) is 0 Å². The molecule has 0 N–H and O–H groups in total. The number of nitrogens with zero attached hydrogens (tertiary/aromatic N) is 4. The lowest BCUT2D eigenvalue weighted by Crippen LogP contribution is -2.49. The van der Waals surface area contributed by atoms with Crippen molar-refractivity contribution in [3.63, 3.8) is 0 Å². The predicted molar refractivity (Wildman–Crippen MR) is 164 cm³/mol. The van der Waals surface area contributed by atoms with Gasteiger partial charge in [-0.2, -0.15) is 26.3 Å². The normalized spacial score (nSPS) is 25.4. The van der Waals surface area contributed by atoms with Gasteiger partial charge in [-0.1, -0.05) is 24.3 Å². The van der Waals surface area contributed by atoms with Crippen molar-refractivity contribution in [1.82, 2.24) is 19.6 Å². The molecule has 4 aliphatic rings. The van der Waals surface area contributed by atoms with E-state index >= 15 is 4.79 Å². The molecule has 0 amide bonds. The molecule has 252 valence electrons. The highest BCUT2D eigenvalue weighted by molar-refractivity contribution is 5.91.